The van der Waals surface area contributed by atoms with Crippen molar-refractivity contribution in [2.24, 2.45) is 4.99 Å². The van der Waals surface area contributed by atoms with Crippen LogP contribution >= 0.6 is 11.6 Å². The molecule has 0 spiro atoms. The first-order valence-corrected chi connectivity index (χ1v) is 10.1. The molecule has 4 heterocycles. The molecule has 0 radical (unpaired) electrons. The lowest BCUT2D eigenvalue weighted by atomic mass is 10.1. The Morgan fingerprint density at radius 2 is 2.07 bits per heavy atom. The van der Waals surface area contributed by atoms with Gasteiger partial charge in [0.15, 0.2) is 0 Å². The molecule has 0 bridgehead atoms. The molecule has 2 aliphatic heterocycles. The lowest BCUT2D eigenvalue weighted by Crippen LogP contribution is -2.08. The summed E-state index contributed by atoms with van der Waals surface area (Å²) in [6, 6.07) is 13.9. The zero-order chi connectivity index (χ0) is 20.2. The van der Waals surface area contributed by atoms with E-state index in [0.29, 0.717) is 23.9 Å². The third kappa shape index (κ3) is 2.66. The zero-order valence-corrected chi connectivity index (χ0v) is 16.9. The van der Waals surface area contributed by atoms with Gasteiger partial charge in [0.05, 0.1) is 29.0 Å². The fourth-order valence-corrected chi connectivity index (χ4v) is 4.27. The van der Waals surface area contributed by atoms with E-state index in [1.54, 1.807) is 6.20 Å². The first-order valence-electron chi connectivity index (χ1n) is 9.71. The van der Waals surface area contributed by atoms with Gasteiger partial charge >= 0.3 is 0 Å². The second-order valence-corrected chi connectivity index (χ2v) is 7.97. The maximum atomic E-state index is 6.15. The molecule has 6 rings (SSSR count). The van der Waals surface area contributed by atoms with Crippen LogP contribution in [0.2, 0.25) is 5.02 Å². The Labute approximate surface area is 177 Å². The van der Waals surface area contributed by atoms with Gasteiger partial charge in [-0.1, -0.05) is 35.0 Å². The lowest BCUT2D eigenvalue weighted by molar-refractivity contribution is 0.319. The van der Waals surface area contributed by atoms with Crippen LogP contribution in [0.4, 0.5) is 0 Å². The second-order valence-electron chi connectivity index (χ2n) is 7.53. The van der Waals surface area contributed by atoms with Gasteiger partial charge in [0, 0.05) is 11.4 Å². The van der Waals surface area contributed by atoms with Crippen molar-refractivity contribution in [2.75, 3.05) is 6.61 Å². The largest absolute Gasteiger partial charge is 0.474 e. The van der Waals surface area contributed by atoms with Crippen molar-refractivity contribution in [1.82, 2.24) is 24.5 Å². The summed E-state index contributed by atoms with van der Waals surface area (Å²) in [6.07, 6.45) is 4.25. The maximum Gasteiger partial charge on any atom is 0.238 e. The molecule has 0 aliphatic carbocycles. The average molecular weight is 417 g/mol. The Hall–Kier alpha value is -3.45. The Kier molecular flexibility index (Phi) is 3.79. The lowest BCUT2D eigenvalue weighted by Gasteiger charge is -2.10. The molecule has 0 saturated carbocycles. The summed E-state index contributed by atoms with van der Waals surface area (Å²) >= 11 is 6.15. The Morgan fingerprint density at radius 3 is 2.97 bits per heavy atom. The number of ether oxygens (including phenoxy) is 1. The van der Waals surface area contributed by atoms with Crippen LogP contribution in [-0.4, -0.2) is 37.0 Å². The number of imidazole rings is 1. The molecule has 2 aromatic heterocycles. The Morgan fingerprint density at radius 1 is 1.13 bits per heavy atom. The summed E-state index contributed by atoms with van der Waals surface area (Å²) in [5.74, 6) is 0.559. The van der Waals surface area contributed by atoms with Crippen molar-refractivity contribution >= 4 is 17.5 Å². The van der Waals surface area contributed by atoms with Crippen LogP contribution in [-0.2, 0) is 11.2 Å². The van der Waals surface area contributed by atoms with Crippen molar-refractivity contribution in [1.29, 1.82) is 0 Å². The zero-order valence-electron chi connectivity index (χ0n) is 16.2. The average Bonchev–Trinajstić information content (AvgIpc) is 3.47. The number of halogens is 1. The number of nitrogens with zero attached hydrogens (tertiary/aromatic N) is 6. The van der Waals surface area contributed by atoms with Crippen LogP contribution < -0.4 is 0 Å². The molecule has 0 unspecified atom stereocenters. The monoisotopic (exact) mass is 416 g/mol. The molecular formula is C22H17ClN6O. The minimum Gasteiger partial charge on any atom is -0.474 e. The van der Waals surface area contributed by atoms with E-state index in [4.69, 9.17) is 21.3 Å². The molecule has 148 valence electrons. The SMILES string of the molecule is Cc1ccc2c(c1)-n1nncc1Cc1c(C3=N[C@H](c4cccc(Cl)c4)CO3)ncn1-2. The summed E-state index contributed by atoms with van der Waals surface area (Å²) in [5, 5.41) is 9.13. The van der Waals surface area contributed by atoms with E-state index in [1.165, 1.54) is 0 Å². The number of hydrogen-bond donors (Lipinski definition) is 0. The molecule has 2 aromatic carbocycles. The van der Waals surface area contributed by atoms with Crippen LogP contribution in [0.25, 0.3) is 11.4 Å². The Balaban J connectivity index is 1.47. The highest BCUT2D eigenvalue weighted by atomic mass is 35.5. The molecule has 8 heteroatoms. The molecule has 4 aromatic rings. The van der Waals surface area contributed by atoms with Crippen molar-refractivity contribution in [2.45, 2.75) is 19.4 Å². The number of aliphatic imine (C=N–C) groups is 1. The van der Waals surface area contributed by atoms with Gasteiger partial charge in [0.1, 0.15) is 24.7 Å². The fourth-order valence-electron chi connectivity index (χ4n) is 4.08. The summed E-state index contributed by atoms with van der Waals surface area (Å²) in [7, 11) is 0. The number of rotatable bonds is 2. The summed E-state index contributed by atoms with van der Waals surface area (Å²) in [6.45, 7) is 2.54. The highest BCUT2D eigenvalue weighted by Gasteiger charge is 2.29. The van der Waals surface area contributed by atoms with Crippen LogP contribution in [0.5, 0.6) is 0 Å². The molecule has 0 fully saturated rings. The van der Waals surface area contributed by atoms with Crippen LogP contribution in [0.15, 0.2) is 60.0 Å². The van der Waals surface area contributed by atoms with Gasteiger partial charge < -0.3 is 4.74 Å². The van der Waals surface area contributed by atoms with Gasteiger partial charge in [-0.3, -0.25) is 4.57 Å². The molecular weight excluding hydrogens is 400 g/mol. The standard InChI is InChI=1S/C22H17ClN6O/c1-13-5-6-18-19(7-13)29-16(10-25-27-29)9-20-21(24-12-28(18)20)22-26-17(11-30-22)14-3-2-4-15(23)8-14/h2-8,10,12,17H,9,11H2,1H3/t17-/m0/s1. The van der Waals surface area contributed by atoms with E-state index in [1.807, 2.05) is 35.3 Å². The molecule has 30 heavy (non-hydrogen) atoms. The summed E-state index contributed by atoms with van der Waals surface area (Å²) < 4.78 is 9.97. The van der Waals surface area contributed by atoms with Gasteiger partial charge in [-0.2, -0.15) is 0 Å². The van der Waals surface area contributed by atoms with Crippen LogP contribution in [0.3, 0.4) is 0 Å². The maximum absolute atomic E-state index is 6.15. The molecule has 2 aliphatic rings. The van der Waals surface area contributed by atoms with Crippen LogP contribution in [0.1, 0.15) is 34.3 Å². The van der Waals surface area contributed by atoms with Crippen molar-refractivity contribution in [3.8, 4) is 11.4 Å². The first kappa shape index (κ1) is 17.4. The van der Waals surface area contributed by atoms with Gasteiger partial charge in [0.25, 0.3) is 0 Å². The predicted octanol–water partition coefficient (Wildman–Crippen LogP) is 3.84. The third-order valence-electron chi connectivity index (χ3n) is 5.54. The predicted molar refractivity (Wildman–Crippen MR) is 113 cm³/mol. The van der Waals surface area contributed by atoms with Gasteiger partial charge in [-0.25, -0.2) is 14.7 Å². The van der Waals surface area contributed by atoms with Gasteiger partial charge in [-0.05, 0) is 42.3 Å². The smallest absolute Gasteiger partial charge is 0.238 e. The number of aromatic nitrogens is 5. The number of benzene rings is 2. The van der Waals surface area contributed by atoms with E-state index >= 15 is 0 Å². The summed E-state index contributed by atoms with van der Waals surface area (Å²) in [4.78, 5) is 9.49. The van der Waals surface area contributed by atoms with Crippen molar-refractivity contribution < 1.29 is 4.74 Å². The van der Waals surface area contributed by atoms with E-state index < -0.39 is 0 Å². The number of aryl methyl sites for hydroxylation is 1. The highest BCUT2D eigenvalue weighted by molar-refractivity contribution is 6.30. The first-order chi connectivity index (χ1) is 14.7. The highest BCUT2D eigenvalue weighted by Crippen LogP contribution is 2.32. The normalized spacial score (nSPS) is 16.9. The molecule has 0 saturated heterocycles. The molecule has 1 atom stereocenters. The second kappa shape index (κ2) is 6.53. The molecule has 7 nitrogen and oxygen atoms in total. The minimum absolute atomic E-state index is 0.0936. The van der Waals surface area contributed by atoms with E-state index in [-0.39, 0.29) is 6.04 Å². The third-order valence-corrected chi connectivity index (χ3v) is 5.78. The molecule has 0 N–H and O–H groups in total. The fraction of sp³-hybridized carbons (Fsp3) is 0.182. The van der Waals surface area contributed by atoms with Crippen LogP contribution in [0, 0.1) is 6.92 Å². The molecule has 0 amide bonds. The van der Waals surface area contributed by atoms with Crippen molar-refractivity contribution in [3.05, 3.63) is 88.2 Å². The number of fused-ring (bicyclic) bond motifs is 5. The van der Waals surface area contributed by atoms with Gasteiger partial charge in [-0.15, -0.1) is 5.10 Å². The quantitative estimate of drug-likeness (QED) is 0.438. The van der Waals surface area contributed by atoms with E-state index in [9.17, 15) is 0 Å². The summed E-state index contributed by atoms with van der Waals surface area (Å²) in [5.41, 5.74) is 6.93. The number of hydrogen-bond acceptors (Lipinski definition) is 5. The van der Waals surface area contributed by atoms with Crippen molar-refractivity contribution in [3.63, 3.8) is 0 Å². The van der Waals surface area contributed by atoms with E-state index in [0.717, 1.165) is 39.6 Å². The van der Waals surface area contributed by atoms with Gasteiger partial charge in [0.2, 0.25) is 5.90 Å². The topological polar surface area (TPSA) is 70.1 Å². The van der Waals surface area contributed by atoms with E-state index in [2.05, 4.69) is 45.0 Å². The minimum atomic E-state index is -0.0936. The Bertz CT molecular complexity index is 1320.